The number of hydrogen-bond acceptors (Lipinski definition) is 4. The quantitative estimate of drug-likeness (QED) is 0.903. The summed E-state index contributed by atoms with van der Waals surface area (Å²) < 4.78 is 12.9. The van der Waals surface area contributed by atoms with Gasteiger partial charge in [0.15, 0.2) is 0 Å². The number of rotatable bonds is 4. The van der Waals surface area contributed by atoms with E-state index in [2.05, 4.69) is 20.6 Å². The van der Waals surface area contributed by atoms with E-state index < -0.39 is 0 Å². The van der Waals surface area contributed by atoms with Crippen molar-refractivity contribution in [3.63, 3.8) is 0 Å². The van der Waals surface area contributed by atoms with Gasteiger partial charge in [0.2, 0.25) is 0 Å². The van der Waals surface area contributed by atoms with E-state index in [0.29, 0.717) is 18.8 Å². The van der Waals surface area contributed by atoms with Crippen molar-refractivity contribution in [2.24, 2.45) is 0 Å². The molecule has 1 aliphatic heterocycles. The van der Waals surface area contributed by atoms with Crippen LogP contribution in [0.2, 0.25) is 0 Å². The fourth-order valence-corrected chi connectivity index (χ4v) is 2.71. The second kappa shape index (κ2) is 6.83. The number of aromatic nitrogens is 2. The molecule has 6 heteroatoms. The lowest BCUT2D eigenvalue weighted by Gasteiger charge is -2.19. The van der Waals surface area contributed by atoms with Crippen LogP contribution in [0.25, 0.3) is 0 Å². The third-order valence-corrected chi connectivity index (χ3v) is 4.06. The molecule has 1 atom stereocenters. The lowest BCUT2D eigenvalue weighted by atomic mass is 10.00. The number of pyridine rings is 2. The number of carbonyl (C=O) groups is 1. The van der Waals surface area contributed by atoms with Crippen LogP contribution in [0.1, 0.15) is 40.2 Å². The molecule has 2 aromatic rings. The maximum absolute atomic E-state index is 12.9. The number of hydrogen-bond donors (Lipinski definition) is 2. The Morgan fingerprint density at radius 2 is 2.26 bits per heavy atom. The molecule has 0 radical (unpaired) electrons. The zero-order valence-corrected chi connectivity index (χ0v) is 13.0. The molecule has 1 aliphatic rings. The van der Waals surface area contributed by atoms with Gasteiger partial charge in [-0.3, -0.25) is 14.8 Å². The largest absolute Gasteiger partial charge is 0.350 e. The smallest absolute Gasteiger partial charge is 0.270 e. The minimum absolute atomic E-state index is 0.00258. The van der Waals surface area contributed by atoms with Crippen LogP contribution >= 0.6 is 0 Å². The second-order valence-electron chi connectivity index (χ2n) is 5.74. The summed E-state index contributed by atoms with van der Waals surface area (Å²) in [5, 5.41) is 6.17. The van der Waals surface area contributed by atoms with Gasteiger partial charge in [-0.05, 0) is 36.7 Å². The SMILES string of the molecule is CC(CNC(=O)c1nccc2c1CNCC2)c1ccc(F)cn1. The molecular weight excluding hydrogens is 295 g/mol. The van der Waals surface area contributed by atoms with E-state index in [0.717, 1.165) is 24.2 Å². The first kappa shape index (κ1) is 15.6. The average molecular weight is 314 g/mol. The van der Waals surface area contributed by atoms with Crippen LogP contribution in [0, 0.1) is 5.82 Å². The molecule has 0 bridgehead atoms. The summed E-state index contributed by atoms with van der Waals surface area (Å²) in [6.07, 6.45) is 3.78. The number of fused-ring (bicyclic) bond motifs is 1. The van der Waals surface area contributed by atoms with Crippen molar-refractivity contribution in [3.8, 4) is 0 Å². The molecule has 23 heavy (non-hydrogen) atoms. The second-order valence-corrected chi connectivity index (χ2v) is 5.74. The molecule has 0 aromatic carbocycles. The molecule has 0 spiro atoms. The molecule has 3 heterocycles. The highest BCUT2D eigenvalue weighted by Crippen LogP contribution is 2.17. The third kappa shape index (κ3) is 3.53. The van der Waals surface area contributed by atoms with E-state index in [1.807, 2.05) is 13.0 Å². The van der Waals surface area contributed by atoms with Crippen molar-refractivity contribution in [3.05, 3.63) is 58.9 Å². The lowest BCUT2D eigenvalue weighted by molar-refractivity contribution is 0.0945. The standard InChI is InChI=1S/C17H19FN4O/c1-11(15-3-2-13(18)9-21-15)8-22-17(23)16-14-10-19-6-4-12(14)5-7-20-16/h2-3,5,7,9,11,19H,4,6,8,10H2,1H3,(H,22,23). The normalized spacial score (nSPS) is 14.9. The van der Waals surface area contributed by atoms with Crippen LogP contribution in [-0.2, 0) is 13.0 Å². The summed E-state index contributed by atoms with van der Waals surface area (Å²) in [7, 11) is 0. The van der Waals surface area contributed by atoms with Crippen molar-refractivity contribution in [1.29, 1.82) is 0 Å². The van der Waals surface area contributed by atoms with Gasteiger partial charge in [-0.1, -0.05) is 6.92 Å². The van der Waals surface area contributed by atoms with Crippen LogP contribution in [0.5, 0.6) is 0 Å². The van der Waals surface area contributed by atoms with Crippen LogP contribution in [0.15, 0.2) is 30.6 Å². The van der Waals surface area contributed by atoms with Crippen molar-refractivity contribution >= 4 is 5.91 Å². The first-order valence-corrected chi connectivity index (χ1v) is 7.72. The number of carbonyl (C=O) groups excluding carboxylic acids is 1. The van der Waals surface area contributed by atoms with E-state index in [4.69, 9.17) is 0 Å². The van der Waals surface area contributed by atoms with E-state index in [9.17, 15) is 9.18 Å². The Labute approximate surface area is 134 Å². The molecule has 0 fully saturated rings. The highest BCUT2D eigenvalue weighted by Gasteiger charge is 2.19. The number of nitrogens with one attached hydrogen (secondary N) is 2. The summed E-state index contributed by atoms with van der Waals surface area (Å²) in [4.78, 5) is 20.7. The molecule has 0 aliphatic carbocycles. The fourth-order valence-electron chi connectivity index (χ4n) is 2.71. The minimum Gasteiger partial charge on any atom is -0.350 e. The van der Waals surface area contributed by atoms with Gasteiger partial charge in [0.25, 0.3) is 5.91 Å². The topological polar surface area (TPSA) is 66.9 Å². The number of amides is 1. The molecule has 2 aromatic heterocycles. The maximum Gasteiger partial charge on any atom is 0.270 e. The molecule has 120 valence electrons. The Bertz CT molecular complexity index is 702. The summed E-state index contributed by atoms with van der Waals surface area (Å²) >= 11 is 0. The predicted octanol–water partition coefficient (Wildman–Crippen LogP) is 1.79. The highest BCUT2D eigenvalue weighted by molar-refractivity contribution is 5.94. The van der Waals surface area contributed by atoms with Gasteiger partial charge in [-0.2, -0.15) is 0 Å². The van der Waals surface area contributed by atoms with Crippen LogP contribution in [0.3, 0.4) is 0 Å². The molecule has 2 N–H and O–H groups in total. The lowest BCUT2D eigenvalue weighted by Crippen LogP contribution is -2.32. The Hall–Kier alpha value is -2.34. The Morgan fingerprint density at radius 3 is 3.04 bits per heavy atom. The zero-order valence-electron chi connectivity index (χ0n) is 13.0. The van der Waals surface area contributed by atoms with Gasteiger partial charge >= 0.3 is 0 Å². The van der Waals surface area contributed by atoms with Crippen molar-refractivity contribution < 1.29 is 9.18 Å². The average Bonchev–Trinajstić information content (AvgIpc) is 2.59. The zero-order chi connectivity index (χ0) is 16.2. The van der Waals surface area contributed by atoms with Crippen LogP contribution in [-0.4, -0.2) is 29.0 Å². The van der Waals surface area contributed by atoms with Gasteiger partial charge in [0.05, 0.1) is 6.20 Å². The van der Waals surface area contributed by atoms with E-state index in [-0.39, 0.29) is 17.6 Å². The number of halogens is 1. The maximum atomic E-state index is 12.9. The van der Waals surface area contributed by atoms with Crippen molar-refractivity contribution in [2.45, 2.75) is 25.8 Å². The summed E-state index contributed by atoms with van der Waals surface area (Å²) in [5.41, 5.74) is 3.38. The van der Waals surface area contributed by atoms with Gasteiger partial charge in [0.1, 0.15) is 11.5 Å². The highest BCUT2D eigenvalue weighted by atomic mass is 19.1. The monoisotopic (exact) mass is 314 g/mol. The summed E-state index contributed by atoms with van der Waals surface area (Å²) in [6, 6.07) is 4.98. The first-order valence-electron chi connectivity index (χ1n) is 7.72. The first-order chi connectivity index (χ1) is 11.1. The Kier molecular flexibility index (Phi) is 4.62. The predicted molar refractivity (Wildman–Crippen MR) is 84.6 cm³/mol. The molecular formula is C17H19FN4O. The minimum atomic E-state index is -0.363. The molecule has 5 nitrogen and oxygen atoms in total. The van der Waals surface area contributed by atoms with Gasteiger partial charge in [0, 0.05) is 36.5 Å². The molecule has 0 saturated carbocycles. The van der Waals surface area contributed by atoms with Gasteiger partial charge in [-0.25, -0.2) is 4.39 Å². The summed E-state index contributed by atoms with van der Waals surface area (Å²) in [6.45, 7) is 3.96. The fraction of sp³-hybridized carbons (Fsp3) is 0.353. The molecule has 1 amide bonds. The van der Waals surface area contributed by atoms with Crippen molar-refractivity contribution in [1.82, 2.24) is 20.6 Å². The molecule has 1 unspecified atom stereocenters. The van der Waals surface area contributed by atoms with Gasteiger partial charge in [-0.15, -0.1) is 0 Å². The summed E-state index contributed by atoms with van der Waals surface area (Å²) in [5.74, 6) is -0.547. The molecule has 3 rings (SSSR count). The Morgan fingerprint density at radius 1 is 1.39 bits per heavy atom. The third-order valence-electron chi connectivity index (χ3n) is 4.06. The number of nitrogens with zero attached hydrogens (tertiary/aromatic N) is 2. The van der Waals surface area contributed by atoms with E-state index in [1.54, 1.807) is 12.3 Å². The van der Waals surface area contributed by atoms with Crippen molar-refractivity contribution in [2.75, 3.05) is 13.1 Å². The molecule has 0 saturated heterocycles. The van der Waals surface area contributed by atoms with Crippen LogP contribution < -0.4 is 10.6 Å². The van der Waals surface area contributed by atoms with E-state index in [1.165, 1.54) is 17.8 Å². The van der Waals surface area contributed by atoms with Crippen LogP contribution in [0.4, 0.5) is 4.39 Å². The van der Waals surface area contributed by atoms with Gasteiger partial charge < -0.3 is 10.6 Å². The van der Waals surface area contributed by atoms with E-state index >= 15 is 0 Å². The Balaban J connectivity index is 1.67.